The molecule has 39 heavy (non-hydrogen) atoms. The van der Waals surface area contributed by atoms with E-state index < -0.39 is 4.92 Å². The Morgan fingerprint density at radius 3 is 1.33 bits per heavy atom. The minimum Gasteiger partial charge on any atom is -0.487 e. The van der Waals surface area contributed by atoms with Gasteiger partial charge in [0, 0.05) is 6.07 Å². The van der Waals surface area contributed by atoms with Crippen LogP contribution >= 0.6 is 0 Å². The Hall–Kier alpha value is -3.64. The first-order valence-corrected chi connectivity index (χ1v) is 12.8. The molecule has 0 bridgehead atoms. The number of fused-ring (bicyclic) bond motifs is 3. The van der Waals surface area contributed by atoms with Crippen molar-refractivity contribution in [2.24, 2.45) is 0 Å². The van der Waals surface area contributed by atoms with Crippen LogP contribution in [0.2, 0.25) is 0 Å². The second-order valence-corrected chi connectivity index (χ2v) is 8.38. The second kappa shape index (κ2) is 15.7. The molecule has 11 nitrogen and oxygen atoms in total. The van der Waals surface area contributed by atoms with E-state index in [0.717, 1.165) is 10.8 Å². The highest BCUT2D eigenvalue weighted by Crippen LogP contribution is 2.34. The molecule has 4 rings (SSSR count). The van der Waals surface area contributed by atoms with Crippen LogP contribution < -0.4 is 18.9 Å². The molecular weight excluding hydrogens is 510 g/mol. The van der Waals surface area contributed by atoms with Crippen molar-refractivity contribution >= 4 is 16.5 Å². The Balaban J connectivity index is 1.44. The SMILES string of the molecule is O=[N+]([O-])c1ccc2c(c1)OCCOc1cc3ccccc3cc1OCCOCCOCCOCCOCCO2. The van der Waals surface area contributed by atoms with Gasteiger partial charge >= 0.3 is 0 Å². The highest BCUT2D eigenvalue weighted by molar-refractivity contribution is 5.86. The normalized spacial score (nSPS) is 17.1. The summed E-state index contributed by atoms with van der Waals surface area (Å²) in [5, 5.41) is 13.3. The molecule has 1 aliphatic rings. The fourth-order valence-corrected chi connectivity index (χ4v) is 3.75. The van der Waals surface area contributed by atoms with Crippen molar-refractivity contribution in [3.05, 3.63) is 64.7 Å². The average Bonchev–Trinajstić information content (AvgIpc) is 2.94. The van der Waals surface area contributed by atoms with E-state index in [9.17, 15) is 10.1 Å². The van der Waals surface area contributed by atoms with E-state index in [1.165, 1.54) is 18.2 Å². The molecule has 0 amide bonds. The largest absolute Gasteiger partial charge is 0.487 e. The third-order valence-electron chi connectivity index (χ3n) is 5.64. The highest BCUT2D eigenvalue weighted by Gasteiger charge is 2.14. The lowest BCUT2D eigenvalue weighted by Gasteiger charge is -2.16. The Bertz CT molecular complexity index is 1190. The quantitative estimate of drug-likeness (QED) is 0.329. The van der Waals surface area contributed by atoms with E-state index in [1.54, 1.807) is 0 Å². The second-order valence-electron chi connectivity index (χ2n) is 8.38. The van der Waals surface area contributed by atoms with E-state index >= 15 is 0 Å². The summed E-state index contributed by atoms with van der Waals surface area (Å²) in [4.78, 5) is 10.8. The van der Waals surface area contributed by atoms with E-state index in [1.807, 2.05) is 36.4 Å². The topological polar surface area (TPSA) is 117 Å². The third kappa shape index (κ3) is 9.25. The van der Waals surface area contributed by atoms with Crippen molar-refractivity contribution in [1.29, 1.82) is 0 Å². The molecule has 0 saturated heterocycles. The van der Waals surface area contributed by atoms with Gasteiger partial charge in [-0.25, -0.2) is 0 Å². The van der Waals surface area contributed by atoms with Gasteiger partial charge in [0.2, 0.25) is 0 Å². The van der Waals surface area contributed by atoms with Gasteiger partial charge < -0.3 is 37.9 Å². The van der Waals surface area contributed by atoms with Gasteiger partial charge in [0.1, 0.15) is 26.4 Å². The summed E-state index contributed by atoms with van der Waals surface area (Å²) in [5.41, 5.74) is -0.101. The van der Waals surface area contributed by atoms with E-state index in [0.29, 0.717) is 76.7 Å². The first kappa shape index (κ1) is 28.4. The van der Waals surface area contributed by atoms with Crippen LogP contribution in [-0.4, -0.2) is 84.2 Å². The fraction of sp³-hybridized carbons (Fsp3) is 0.429. The minimum absolute atomic E-state index is 0.101. The van der Waals surface area contributed by atoms with E-state index in [4.69, 9.17) is 37.9 Å². The lowest BCUT2D eigenvalue weighted by atomic mass is 10.1. The van der Waals surface area contributed by atoms with Crippen molar-refractivity contribution in [2.75, 3.05) is 79.3 Å². The zero-order valence-corrected chi connectivity index (χ0v) is 21.7. The maximum atomic E-state index is 11.3. The molecule has 3 aromatic carbocycles. The lowest BCUT2D eigenvalue weighted by molar-refractivity contribution is -0.385. The third-order valence-corrected chi connectivity index (χ3v) is 5.64. The maximum Gasteiger partial charge on any atom is 0.273 e. The zero-order chi connectivity index (χ0) is 27.1. The molecule has 210 valence electrons. The van der Waals surface area contributed by atoms with Gasteiger partial charge in [-0.2, -0.15) is 0 Å². The molecule has 0 aromatic heterocycles. The van der Waals surface area contributed by atoms with Gasteiger partial charge in [-0.3, -0.25) is 10.1 Å². The number of nitrogens with zero attached hydrogens (tertiary/aromatic N) is 1. The summed E-state index contributed by atoms with van der Waals surface area (Å²) < 4.78 is 45.7. The molecule has 11 heteroatoms. The monoisotopic (exact) mass is 543 g/mol. The van der Waals surface area contributed by atoms with Crippen LogP contribution in [-0.2, 0) is 18.9 Å². The van der Waals surface area contributed by atoms with Crippen molar-refractivity contribution in [3.63, 3.8) is 0 Å². The van der Waals surface area contributed by atoms with E-state index in [-0.39, 0.29) is 31.3 Å². The number of rotatable bonds is 1. The number of nitro benzene ring substituents is 1. The van der Waals surface area contributed by atoms with Gasteiger partial charge in [-0.15, -0.1) is 0 Å². The van der Waals surface area contributed by atoms with Crippen LogP contribution in [0.25, 0.3) is 10.8 Å². The van der Waals surface area contributed by atoms with Crippen LogP contribution in [0, 0.1) is 10.1 Å². The molecule has 0 fully saturated rings. The zero-order valence-electron chi connectivity index (χ0n) is 21.7. The number of hydrogen-bond donors (Lipinski definition) is 0. The summed E-state index contributed by atoms with van der Waals surface area (Å²) in [6, 6.07) is 16.0. The molecule has 0 spiro atoms. The molecule has 1 heterocycles. The van der Waals surface area contributed by atoms with Crippen molar-refractivity contribution in [2.45, 2.75) is 0 Å². The molecule has 0 N–H and O–H groups in total. The molecule has 1 aliphatic heterocycles. The maximum absolute atomic E-state index is 11.3. The first-order chi connectivity index (χ1) is 19.2. The van der Waals surface area contributed by atoms with Gasteiger partial charge in [0.15, 0.2) is 23.0 Å². The first-order valence-electron chi connectivity index (χ1n) is 12.8. The lowest BCUT2D eigenvalue weighted by Crippen LogP contribution is -2.15. The van der Waals surface area contributed by atoms with Gasteiger partial charge in [-0.1, -0.05) is 24.3 Å². The van der Waals surface area contributed by atoms with E-state index in [2.05, 4.69) is 0 Å². The van der Waals surface area contributed by atoms with Crippen molar-refractivity contribution in [1.82, 2.24) is 0 Å². The van der Waals surface area contributed by atoms with Crippen molar-refractivity contribution < 1.29 is 42.8 Å². The van der Waals surface area contributed by atoms with Gasteiger partial charge in [-0.05, 0) is 29.0 Å². The summed E-state index contributed by atoms with van der Waals surface area (Å²) >= 11 is 0. The standard InChI is InChI=1S/C28H33NO10/c30-29(31)24-5-6-25-28(21-24)39-18-17-38-27-20-23-4-2-1-3-22(23)19-26(27)37-16-14-35-12-10-33-8-7-32-9-11-34-13-15-36-25/h1-6,19-21H,7-18H2. The summed E-state index contributed by atoms with van der Waals surface area (Å²) in [5.74, 6) is 1.77. The summed E-state index contributed by atoms with van der Waals surface area (Å²) in [6.07, 6.45) is 0. The minimum atomic E-state index is -0.483. The number of benzene rings is 3. The molecule has 3 aromatic rings. The Morgan fingerprint density at radius 2 is 0.872 bits per heavy atom. The molecule has 0 aliphatic carbocycles. The van der Waals surface area contributed by atoms with Crippen LogP contribution in [0.5, 0.6) is 23.0 Å². The molecule has 0 radical (unpaired) electrons. The molecule has 0 atom stereocenters. The Kier molecular flexibility index (Phi) is 11.4. The predicted octanol–water partition coefficient (Wildman–Crippen LogP) is 4.04. The highest BCUT2D eigenvalue weighted by atomic mass is 16.6. The van der Waals surface area contributed by atoms with Crippen LogP contribution in [0.3, 0.4) is 0 Å². The Morgan fingerprint density at radius 1 is 0.487 bits per heavy atom. The average molecular weight is 544 g/mol. The molecule has 0 saturated carbocycles. The van der Waals surface area contributed by atoms with Crippen molar-refractivity contribution in [3.8, 4) is 23.0 Å². The Labute approximate surface area is 226 Å². The van der Waals surface area contributed by atoms with Crippen LogP contribution in [0.1, 0.15) is 0 Å². The van der Waals surface area contributed by atoms with Crippen LogP contribution in [0.15, 0.2) is 54.6 Å². The molecular formula is C28H33NO10. The smallest absolute Gasteiger partial charge is 0.273 e. The number of non-ortho nitro benzene ring substituents is 1. The van der Waals surface area contributed by atoms with Gasteiger partial charge in [0.05, 0.1) is 63.8 Å². The van der Waals surface area contributed by atoms with Crippen LogP contribution in [0.4, 0.5) is 5.69 Å². The van der Waals surface area contributed by atoms with Gasteiger partial charge in [0.25, 0.3) is 5.69 Å². The number of hydrogen-bond acceptors (Lipinski definition) is 10. The molecule has 0 unspecified atom stereocenters. The summed E-state index contributed by atoms with van der Waals surface area (Å²) in [7, 11) is 0. The predicted molar refractivity (Wildman–Crippen MR) is 142 cm³/mol. The fourth-order valence-electron chi connectivity index (χ4n) is 3.75. The summed E-state index contributed by atoms with van der Waals surface area (Å²) in [6.45, 7) is 4.26. The number of ether oxygens (including phenoxy) is 8. The number of nitro groups is 1.